The number of hydrogen-bond acceptors (Lipinski definition) is 1. The monoisotopic (exact) mass is 239 g/mol. The van der Waals surface area contributed by atoms with Crippen molar-refractivity contribution in [3.05, 3.63) is 48.0 Å². The Bertz CT molecular complexity index is 528. The van der Waals surface area contributed by atoms with Crippen molar-refractivity contribution in [1.29, 1.82) is 0 Å². The second kappa shape index (κ2) is 5.11. The fourth-order valence-corrected chi connectivity index (χ4v) is 2.91. The van der Waals surface area contributed by atoms with E-state index >= 15 is 0 Å². The van der Waals surface area contributed by atoms with Gasteiger partial charge in [0.2, 0.25) is 0 Å². The molecular formula is C17H21N. The van der Waals surface area contributed by atoms with Crippen LogP contribution in [0.2, 0.25) is 0 Å². The molecule has 0 radical (unpaired) electrons. The lowest BCUT2D eigenvalue weighted by Gasteiger charge is -2.30. The first-order valence-electron chi connectivity index (χ1n) is 7.03. The first-order valence-corrected chi connectivity index (χ1v) is 7.03. The van der Waals surface area contributed by atoms with E-state index in [-0.39, 0.29) is 0 Å². The molecule has 1 fully saturated rings. The standard InChI is InChI=1S/C17H21N/c1-18-17(11-13-5-4-6-13)16-10-9-14-7-2-3-8-15(14)12-16/h2-3,7-10,12-13,17-18H,4-6,11H2,1H3. The molecule has 1 unspecified atom stereocenters. The van der Waals surface area contributed by atoms with Gasteiger partial charge < -0.3 is 5.32 Å². The highest BCUT2D eigenvalue weighted by molar-refractivity contribution is 5.83. The highest BCUT2D eigenvalue weighted by atomic mass is 14.9. The van der Waals surface area contributed by atoms with Crippen LogP contribution in [0.15, 0.2) is 42.5 Å². The molecule has 18 heavy (non-hydrogen) atoms. The lowest BCUT2D eigenvalue weighted by molar-refractivity contribution is 0.266. The molecule has 0 amide bonds. The summed E-state index contributed by atoms with van der Waals surface area (Å²) in [6, 6.07) is 16.0. The first kappa shape index (κ1) is 11.7. The Morgan fingerprint density at radius 3 is 2.56 bits per heavy atom. The van der Waals surface area contributed by atoms with Gasteiger partial charge in [0.05, 0.1) is 0 Å². The van der Waals surface area contributed by atoms with Crippen molar-refractivity contribution in [3.63, 3.8) is 0 Å². The van der Waals surface area contributed by atoms with Crippen LogP contribution in [0.4, 0.5) is 0 Å². The molecule has 0 heterocycles. The average molecular weight is 239 g/mol. The summed E-state index contributed by atoms with van der Waals surface area (Å²) in [5, 5.41) is 6.17. The Hall–Kier alpha value is -1.34. The van der Waals surface area contributed by atoms with E-state index in [0.29, 0.717) is 6.04 Å². The summed E-state index contributed by atoms with van der Waals surface area (Å²) in [5.41, 5.74) is 1.43. The summed E-state index contributed by atoms with van der Waals surface area (Å²) in [7, 11) is 2.08. The van der Waals surface area contributed by atoms with E-state index in [1.807, 2.05) is 0 Å². The predicted molar refractivity (Wildman–Crippen MR) is 77.7 cm³/mol. The van der Waals surface area contributed by atoms with Gasteiger partial charge in [-0.3, -0.25) is 0 Å². The zero-order valence-corrected chi connectivity index (χ0v) is 11.0. The minimum absolute atomic E-state index is 0.514. The van der Waals surface area contributed by atoms with Crippen molar-refractivity contribution >= 4 is 10.8 Å². The number of fused-ring (bicyclic) bond motifs is 1. The van der Waals surface area contributed by atoms with Gasteiger partial charge in [0.1, 0.15) is 0 Å². The van der Waals surface area contributed by atoms with E-state index in [2.05, 4.69) is 54.8 Å². The third-order valence-electron chi connectivity index (χ3n) is 4.32. The molecule has 1 aliphatic carbocycles. The maximum absolute atomic E-state index is 3.48. The van der Waals surface area contributed by atoms with Crippen LogP contribution in [0.3, 0.4) is 0 Å². The zero-order chi connectivity index (χ0) is 12.4. The van der Waals surface area contributed by atoms with E-state index in [9.17, 15) is 0 Å². The third-order valence-corrected chi connectivity index (χ3v) is 4.32. The van der Waals surface area contributed by atoms with Crippen molar-refractivity contribution in [3.8, 4) is 0 Å². The molecule has 0 bridgehead atoms. The van der Waals surface area contributed by atoms with E-state index in [1.165, 1.54) is 42.0 Å². The van der Waals surface area contributed by atoms with Crippen LogP contribution >= 0.6 is 0 Å². The zero-order valence-electron chi connectivity index (χ0n) is 11.0. The van der Waals surface area contributed by atoms with Crippen LogP contribution in [0, 0.1) is 5.92 Å². The Morgan fingerprint density at radius 1 is 1.11 bits per heavy atom. The van der Waals surface area contributed by atoms with Crippen molar-refractivity contribution < 1.29 is 0 Å². The van der Waals surface area contributed by atoms with Gasteiger partial charge in [-0.15, -0.1) is 0 Å². The molecule has 1 heteroatoms. The highest BCUT2D eigenvalue weighted by Crippen LogP contribution is 2.35. The van der Waals surface area contributed by atoms with Gasteiger partial charge in [0.25, 0.3) is 0 Å². The van der Waals surface area contributed by atoms with E-state index in [4.69, 9.17) is 0 Å². The van der Waals surface area contributed by atoms with E-state index in [1.54, 1.807) is 0 Å². The molecule has 1 N–H and O–H groups in total. The van der Waals surface area contributed by atoms with Gasteiger partial charge in [-0.2, -0.15) is 0 Å². The molecule has 0 aromatic heterocycles. The Morgan fingerprint density at radius 2 is 1.89 bits per heavy atom. The molecule has 94 valence electrons. The highest BCUT2D eigenvalue weighted by Gasteiger charge is 2.22. The van der Waals surface area contributed by atoms with Crippen molar-refractivity contribution in [1.82, 2.24) is 5.32 Å². The molecule has 1 aliphatic rings. The van der Waals surface area contributed by atoms with E-state index < -0.39 is 0 Å². The summed E-state index contributed by atoms with van der Waals surface area (Å²) in [4.78, 5) is 0. The number of nitrogens with one attached hydrogen (secondary N) is 1. The lowest BCUT2D eigenvalue weighted by atomic mass is 9.79. The normalized spacial score (nSPS) is 17.6. The van der Waals surface area contributed by atoms with Crippen molar-refractivity contribution in [2.45, 2.75) is 31.7 Å². The van der Waals surface area contributed by atoms with Gasteiger partial charge in [-0.1, -0.05) is 55.7 Å². The molecular weight excluding hydrogens is 218 g/mol. The first-order chi connectivity index (χ1) is 8.86. The van der Waals surface area contributed by atoms with Gasteiger partial charge in [0.15, 0.2) is 0 Å². The van der Waals surface area contributed by atoms with E-state index in [0.717, 1.165) is 5.92 Å². The topological polar surface area (TPSA) is 12.0 Å². The van der Waals surface area contributed by atoms with Gasteiger partial charge in [-0.25, -0.2) is 0 Å². The molecule has 3 rings (SSSR count). The minimum Gasteiger partial charge on any atom is -0.313 e. The molecule has 2 aromatic rings. The van der Waals surface area contributed by atoms with Crippen LogP contribution in [0.25, 0.3) is 10.8 Å². The van der Waals surface area contributed by atoms with Crippen molar-refractivity contribution in [2.75, 3.05) is 7.05 Å². The summed E-state index contributed by atoms with van der Waals surface area (Å²) in [6.07, 6.45) is 5.56. The maximum atomic E-state index is 3.48. The summed E-state index contributed by atoms with van der Waals surface area (Å²) < 4.78 is 0. The van der Waals surface area contributed by atoms with Crippen LogP contribution in [0.1, 0.15) is 37.3 Å². The van der Waals surface area contributed by atoms with Crippen LogP contribution in [0.5, 0.6) is 0 Å². The Labute approximate surface area is 109 Å². The number of hydrogen-bond donors (Lipinski definition) is 1. The fraction of sp³-hybridized carbons (Fsp3) is 0.412. The molecule has 0 saturated heterocycles. The molecule has 1 saturated carbocycles. The molecule has 2 aromatic carbocycles. The summed E-state index contributed by atoms with van der Waals surface area (Å²) >= 11 is 0. The second-order valence-corrected chi connectivity index (χ2v) is 5.48. The number of rotatable bonds is 4. The second-order valence-electron chi connectivity index (χ2n) is 5.48. The minimum atomic E-state index is 0.514. The van der Waals surface area contributed by atoms with Gasteiger partial charge in [-0.05, 0) is 41.8 Å². The van der Waals surface area contributed by atoms with Crippen LogP contribution in [-0.2, 0) is 0 Å². The van der Waals surface area contributed by atoms with Gasteiger partial charge in [0, 0.05) is 6.04 Å². The summed E-state index contributed by atoms with van der Waals surface area (Å²) in [6.45, 7) is 0. The third kappa shape index (κ3) is 2.28. The van der Waals surface area contributed by atoms with Gasteiger partial charge >= 0.3 is 0 Å². The maximum Gasteiger partial charge on any atom is 0.0320 e. The predicted octanol–water partition coefficient (Wildman–Crippen LogP) is 4.29. The number of benzene rings is 2. The quantitative estimate of drug-likeness (QED) is 0.839. The van der Waals surface area contributed by atoms with Crippen molar-refractivity contribution in [2.24, 2.45) is 5.92 Å². The Balaban J connectivity index is 1.86. The average Bonchev–Trinajstić information content (AvgIpc) is 2.37. The summed E-state index contributed by atoms with van der Waals surface area (Å²) in [5.74, 6) is 0.939. The smallest absolute Gasteiger partial charge is 0.0320 e. The van der Waals surface area contributed by atoms with Crippen LogP contribution in [-0.4, -0.2) is 7.05 Å². The molecule has 1 nitrogen and oxygen atoms in total. The fourth-order valence-electron chi connectivity index (χ4n) is 2.91. The SMILES string of the molecule is CNC(CC1CCC1)c1ccc2ccccc2c1. The van der Waals surface area contributed by atoms with Crippen LogP contribution < -0.4 is 5.32 Å². The largest absolute Gasteiger partial charge is 0.313 e. The Kier molecular flexibility index (Phi) is 3.33. The molecule has 0 spiro atoms. The molecule has 0 aliphatic heterocycles. The molecule has 1 atom stereocenters. The lowest BCUT2D eigenvalue weighted by Crippen LogP contribution is -2.23.